The summed E-state index contributed by atoms with van der Waals surface area (Å²) in [6.07, 6.45) is 5.33. The maximum atomic E-state index is 12.3. The first kappa shape index (κ1) is 22.5. The molecule has 34 heavy (non-hydrogen) atoms. The van der Waals surface area contributed by atoms with Crippen molar-refractivity contribution in [1.82, 2.24) is 29.3 Å². The highest BCUT2D eigenvalue weighted by Crippen LogP contribution is 2.33. The quantitative estimate of drug-likeness (QED) is 0.396. The molecule has 1 fully saturated rings. The molecule has 9 nitrogen and oxygen atoms in total. The number of likely N-dealkylation sites (tertiary alicyclic amines) is 1. The van der Waals surface area contributed by atoms with Crippen molar-refractivity contribution < 1.29 is 14.3 Å². The number of carbonyl (C=O) groups excluding carboxylic acids is 2. The van der Waals surface area contributed by atoms with E-state index in [1.807, 2.05) is 56.9 Å². The maximum absolute atomic E-state index is 12.3. The number of imidazole rings is 1. The summed E-state index contributed by atoms with van der Waals surface area (Å²) in [5, 5.41) is 10.9. The Kier molecular flexibility index (Phi) is 5.43. The molecule has 0 spiro atoms. The number of hydrogen-bond acceptors (Lipinski definition) is 7. The van der Waals surface area contributed by atoms with Crippen LogP contribution in [0.15, 0.2) is 24.5 Å². The number of carbonyl (C=O) groups is 2. The Bertz CT molecular complexity index is 1370. The third kappa shape index (κ3) is 4.29. The molecule has 3 aromatic heterocycles. The van der Waals surface area contributed by atoms with Gasteiger partial charge >= 0.3 is 6.09 Å². The summed E-state index contributed by atoms with van der Waals surface area (Å²) in [4.78, 5) is 32.0. The molecule has 1 amide bonds. The molecule has 1 aliphatic heterocycles. The second-order valence-electron chi connectivity index (χ2n) is 9.86. The molecule has 0 aliphatic carbocycles. The van der Waals surface area contributed by atoms with Gasteiger partial charge in [-0.2, -0.15) is 10.2 Å². The molecule has 0 unspecified atom stereocenters. The zero-order chi connectivity index (χ0) is 24.2. The van der Waals surface area contributed by atoms with Crippen LogP contribution in [0.4, 0.5) is 4.79 Å². The number of nitrogens with zero attached hydrogens (tertiary/aromatic N) is 6. The number of Topliss-reactive ketones (excluding diaryl/α,β-unsaturated/α-hetero) is 1. The van der Waals surface area contributed by atoms with Crippen LogP contribution in [0.2, 0.25) is 0 Å². The van der Waals surface area contributed by atoms with Gasteiger partial charge in [0.15, 0.2) is 5.78 Å². The van der Waals surface area contributed by atoms with E-state index in [-0.39, 0.29) is 17.8 Å². The SMILES string of the molecule is CC(=O)c1cc(-c2nn3cc(C4CCN(C(=O)OC(C)(C)C)CC4)nc3s2)cc2cn(C)nc12. The molecule has 1 saturated heterocycles. The van der Waals surface area contributed by atoms with E-state index in [9.17, 15) is 9.59 Å². The molecule has 178 valence electrons. The van der Waals surface area contributed by atoms with E-state index in [2.05, 4.69) is 5.10 Å². The Labute approximate surface area is 201 Å². The van der Waals surface area contributed by atoms with E-state index < -0.39 is 5.60 Å². The summed E-state index contributed by atoms with van der Waals surface area (Å²) < 4.78 is 9.03. The van der Waals surface area contributed by atoms with Crippen LogP contribution >= 0.6 is 11.3 Å². The Balaban J connectivity index is 1.35. The highest BCUT2D eigenvalue weighted by molar-refractivity contribution is 7.19. The molecule has 0 saturated carbocycles. The van der Waals surface area contributed by atoms with Gasteiger partial charge in [0.2, 0.25) is 4.96 Å². The van der Waals surface area contributed by atoms with E-state index >= 15 is 0 Å². The molecule has 0 N–H and O–H groups in total. The standard InChI is InChI=1S/C24H28N6O3S/c1-14(31)18-11-16(10-17-12-28(5)26-20(17)18)21-27-30-13-19(25-22(30)34-21)15-6-8-29(9-7-15)23(32)33-24(2,3)4/h10-13,15H,6-9H2,1-5H3. The van der Waals surface area contributed by atoms with Gasteiger partial charge in [0, 0.05) is 48.8 Å². The zero-order valence-corrected chi connectivity index (χ0v) is 20.8. The van der Waals surface area contributed by atoms with Crippen molar-refractivity contribution in [2.75, 3.05) is 13.1 Å². The van der Waals surface area contributed by atoms with Crippen LogP contribution < -0.4 is 0 Å². The number of rotatable bonds is 3. The number of hydrogen-bond donors (Lipinski definition) is 0. The fourth-order valence-electron chi connectivity index (χ4n) is 4.36. The summed E-state index contributed by atoms with van der Waals surface area (Å²) in [5.41, 5.74) is 2.70. The number of fused-ring (bicyclic) bond motifs is 2. The Morgan fingerprint density at radius 3 is 2.50 bits per heavy atom. The predicted octanol–water partition coefficient (Wildman–Crippen LogP) is 4.66. The average molecular weight is 481 g/mol. The molecule has 1 aliphatic rings. The topological polar surface area (TPSA) is 94.6 Å². The highest BCUT2D eigenvalue weighted by Gasteiger charge is 2.29. The van der Waals surface area contributed by atoms with E-state index in [0.29, 0.717) is 24.2 Å². The summed E-state index contributed by atoms with van der Waals surface area (Å²) in [5.74, 6) is 0.263. The fraction of sp³-hybridized carbons (Fsp3) is 0.458. The second kappa shape index (κ2) is 8.19. The van der Waals surface area contributed by atoms with E-state index in [1.54, 1.807) is 16.5 Å². The van der Waals surface area contributed by atoms with Crippen molar-refractivity contribution in [3.05, 3.63) is 35.8 Å². The smallest absolute Gasteiger partial charge is 0.410 e. The fourth-order valence-corrected chi connectivity index (χ4v) is 5.24. The third-order valence-electron chi connectivity index (χ3n) is 5.98. The van der Waals surface area contributed by atoms with Crippen LogP contribution in [-0.4, -0.2) is 59.8 Å². The van der Waals surface area contributed by atoms with E-state index in [1.165, 1.54) is 11.3 Å². The van der Waals surface area contributed by atoms with Gasteiger partial charge in [-0.05, 0) is 52.7 Å². The Morgan fingerprint density at radius 2 is 1.85 bits per heavy atom. The highest BCUT2D eigenvalue weighted by atomic mass is 32.1. The maximum Gasteiger partial charge on any atom is 0.410 e. The second-order valence-corrected chi connectivity index (χ2v) is 10.8. The average Bonchev–Trinajstić information content (AvgIpc) is 3.43. The van der Waals surface area contributed by atoms with Crippen LogP contribution in [0.5, 0.6) is 0 Å². The minimum Gasteiger partial charge on any atom is -0.444 e. The summed E-state index contributed by atoms with van der Waals surface area (Å²) >= 11 is 1.50. The number of aryl methyl sites for hydroxylation is 1. The van der Waals surface area contributed by atoms with Gasteiger partial charge in [-0.15, -0.1) is 0 Å². The largest absolute Gasteiger partial charge is 0.444 e. The van der Waals surface area contributed by atoms with E-state index in [0.717, 1.165) is 39.5 Å². The monoisotopic (exact) mass is 480 g/mol. The van der Waals surface area contributed by atoms with Crippen molar-refractivity contribution >= 4 is 39.1 Å². The summed E-state index contributed by atoms with van der Waals surface area (Å²) in [6, 6.07) is 3.88. The van der Waals surface area contributed by atoms with Crippen molar-refractivity contribution in [2.24, 2.45) is 7.05 Å². The Morgan fingerprint density at radius 1 is 1.12 bits per heavy atom. The Hall–Kier alpha value is -3.27. The third-order valence-corrected chi connectivity index (χ3v) is 6.95. The number of ether oxygens (including phenoxy) is 1. The van der Waals surface area contributed by atoms with Crippen LogP contribution in [-0.2, 0) is 11.8 Å². The minimum atomic E-state index is -0.488. The lowest BCUT2D eigenvalue weighted by Gasteiger charge is -2.32. The van der Waals surface area contributed by atoms with Gasteiger partial charge in [0.05, 0.1) is 11.9 Å². The van der Waals surface area contributed by atoms with Crippen LogP contribution in [0.1, 0.15) is 62.5 Å². The molecule has 0 radical (unpaired) electrons. The van der Waals surface area contributed by atoms with Crippen molar-refractivity contribution in [3.63, 3.8) is 0 Å². The number of ketones is 1. The van der Waals surface area contributed by atoms with Crippen LogP contribution in [0, 0.1) is 0 Å². The first-order chi connectivity index (χ1) is 16.1. The molecule has 0 atom stereocenters. The van der Waals surface area contributed by atoms with E-state index in [4.69, 9.17) is 14.8 Å². The molecule has 4 aromatic rings. The van der Waals surface area contributed by atoms with Gasteiger partial charge in [0.25, 0.3) is 0 Å². The van der Waals surface area contributed by atoms with Crippen molar-refractivity contribution in [1.29, 1.82) is 0 Å². The molecular formula is C24H28N6O3S. The lowest BCUT2D eigenvalue weighted by molar-refractivity contribution is 0.0204. The van der Waals surface area contributed by atoms with Crippen molar-refractivity contribution in [3.8, 4) is 10.6 Å². The number of aromatic nitrogens is 5. The van der Waals surface area contributed by atoms with Crippen LogP contribution in [0.25, 0.3) is 26.4 Å². The predicted molar refractivity (Wildman–Crippen MR) is 130 cm³/mol. The van der Waals surface area contributed by atoms with Gasteiger partial charge in [-0.1, -0.05) is 11.3 Å². The lowest BCUT2D eigenvalue weighted by Crippen LogP contribution is -2.41. The molecule has 10 heteroatoms. The number of piperidine rings is 1. The first-order valence-electron chi connectivity index (χ1n) is 11.4. The van der Waals surface area contributed by atoms with Gasteiger partial charge in [0.1, 0.15) is 16.1 Å². The molecule has 1 aromatic carbocycles. The normalized spacial score (nSPS) is 15.4. The molecule has 4 heterocycles. The number of benzene rings is 1. The summed E-state index contributed by atoms with van der Waals surface area (Å²) in [7, 11) is 1.85. The zero-order valence-electron chi connectivity index (χ0n) is 20.0. The number of amides is 1. The lowest BCUT2D eigenvalue weighted by atomic mass is 9.94. The molecule has 5 rings (SSSR count). The van der Waals surface area contributed by atoms with Crippen molar-refractivity contribution in [2.45, 2.75) is 52.1 Å². The van der Waals surface area contributed by atoms with Gasteiger partial charge in [-0.3, -0.25) is 9.48 Å². The summed E-state index contributed by atoms with van der Waals surface area (Å²) in [6.45, 7) is 8.51. The van der Waals surface area contributed by atoms with Crippen LogP contribution in [0.3, 0.4) is 0 Å². The molecule has 0 bridgehead atoms. The van der Waals surface area contributed by atoms with Gasteiger partial charge < -0.3 is 9.64 Å². The first-order valence-corrected chi connectivity index (χ1v) is 12.2. The molecular weight excluding hydrogens is 452 g/mol. The minimum absolute atomic E-state index is 0.0214. The van der Waals surface area contributed by atoms with Gasteiger partial charge in [-0.25, -0.2) is 14.3 Å².